The Bertz CT molecular complexity index is 387. The highest BCUT2D eigenvalue weighted by molar-refractivity contribution is 5.86. The van der Waals surface area contributed by atoms with Gasteiger partial charge in [0.25, 0.3) is 0 Å². The lowest BCUT2D eigenvalue weighted by Crippen LogP contribution is -2.61. The van der Waals surface area contributed by atoms with E-state index in [2.05, 4.69) is 0 Å². The molecule has 0 aromatic carbocycles. The van der Waals surface area contributed by atoms with Crippen molar-refractivity contribution in [2.45, 2.75) is 44.6 Å². The van der Waals surface area contributed by atoms with Crippen LogP contribution in [-0.4, -0.2) is 63.8 Å². The van der Waals surface area contributed by atoms with E-state index in [9.17, 15) is 19.8 Å². The molecule has 2 aliphatic heterocycles. The van der Waals surface area contributed by atoms with E-state index in [4.69, 9.17) is 0 Å². The van der Waals surface area contributed by atoms with Crippen LogP contribution in [0.25, 0.3) is 0 Å². The second-order valence-corrected chi connectivity index (χ2v) is 6.11. The average Bonchev–Trinajstić information content (AvgIpc) is 2.47. The van der Waals surface area contributed by atoms with Gasteiger partial charge in [0.15, 0.2) is 0 Å². The van der Waals surface area contributed by atoms with E-state index in [1.807, 2.05) is 0 Å². The van der Waals surface area contributed by atoms with Crippen LogP contribution < -0.4 is 0 Å². The quantitative estimate of drug-likeness (QED) is 0.797. The van der Waals surface area contributed by atoms with Crippen molar-refractivity contribution in [2.75, 3.05) is 26.2 Å². The fourth-order valence-electron chi connectivity index (χ4n) is 3.21. The molecular formula is C14H24N2O4. The first-order valence-corrected chi connectivity index (χ1v) is 7.40. The highest BCUT2D eigenvalue weighted by Crippen LogP contribution is 2.30. The van der Waals surface area contributed by atoms with Gasteiger partial charge in [-0.3, -0.25) is 0 Å². The van der Waals surface area contributed by atoms with E-state index >= 15 is 0 Å². The average molecular weight is 284 g/mol. The highest BCUT2D eigenvalue weighted by atomic mass is 16.4. The van der Waals surface area contributed by atoms with Gasteiger partial charge in [0.1, 0.15) is 5.54 Å². The van der Waals surface area contributed by atoms with E-state index in [1.165, 1.54) is 4.90 Å². The van der Waals surface area contributed by atoms with Crippen LogP contribution in [0.3, 0.4) is 0 Å². The van der Waals surface area contributed by atoms with Crippen LogP contribution in [0.4, 0.5) is 4.79 Å². The number of likely N-dealkylation sites (tertiary alicyclic amines) is 2. The molecule has 114 valence electrons. The summed E-state index contributed by atoms with van der Waals surface area (Å²) < 4.78 is 0. The molecule has 2 amide bonds. The summed E-state index contributed by atoms with van der Waals surface area (Å²) >= 11 is 0. The van der Waals surface area contributed by atoms with Crippen LogP contribution in [0.1, 0.15) is 39.0 Å². The SMILES string of the molecule is CC1(C(=O)O)CCCCN1C(=O)N1CCCC(CO)C1. The molecule has 2 unspecified atom stereocenters. The summed E-state index contributed by atoms with van der Waals surface area (Å²) in [6.07, 6.45) is 3.99. The molecule has 0 saturated carbocycles. The minimum absolute atomic E-state index is 0.0833. The minimum atomic E-state index is -1.10. The van der Waals surface area contributed by atoms with Gasteiger partial charge >= 0.3 is 12.0 Å². The first-order chi connectivity index (χ1) is 9.49. The van der Waals surface area contributed by atoms with Gasteiger partial charge in [-0.15, -0.1) is 0 Å². The van der Waals surface area contributed by atoms with Crippen molar-refractivity contribution in [2.24, 2.45) is 5.92 Å². The Balaban J connectivity index is 2.11. The molecule has 2 rings (SSSR count). The first kappa shape index (κ1) is 15.1. The number of hydrogen-bond acceptors (Lipinski definition) is 3. The van der Waals surface area contributed by atoms with Gasteiger partial charge in [-0.25, -0.2) is 9.59 Å². The molecule has 2 saturated heterocycles. The molecule has 2 heterocycles. The number of amides is 2. The van der Waals surface area contributed by atoms with Crippen LogP contribution in [-0.2, 0) is 4.79 Å². The monoisotopic (exact) mass is 284 g/mol. The van der Waals surface area contributed by atoms with E-state index < -0.39 is 11.5 Å². The second kappa shape index (κ2) is 5.99. The Kier molecular flexibility index (Phi) is 4.52. The third-order valence-corrected chi connectivity index (χ3v) is 4.63. The number of rotatable bonds is 2. The molecule has 0 radical (unpaired) electrons. The Morgan fingerprint density at radius 1 is 1.25 bits per heavy atom. The maximum absolute atomic E-state index is 12.6. The second-order valence-electron chi connectivity index (χ2n) is 6.11. The Hall–Kier alpha value is -1.30. The van der Waals surface area contributed by atoms with Crippen molar-refractivity contribution in [1.29, 1.82) is 0 Å². The van der Waals surface area contributed by atoms with Gasteiger partial charge in [0, 0.05) is 26.2 Å². The van der Waals surface area contributed by atoms with Crippen LogP contribution in [0.2, 0.25) is 0 Å². The molecule has 6 heteroatoms. The topological polar surface area (TPSA) is 81.1 Å². The molecule has 2 N–H and O–H groups in total. The van der Waals surface area contributed by atoms with Crippen molar-refractivity contribution >= 4 is 12.0 Å². The number of carboxylic acid groups (broad SMARTS) is 1. The number of hydrogen-bond donors (Lipinski definition) is 2. The number of aliphatic hydroxyl groups is 1. The van der Waals surface area contributed by atoms with Crippen LogP contribution in [0, 0.1) is 5.92 Å². The number of carboxylic acids is 1. The highest BCUT2D eigenvalue weighted by Gasteiger charge is 2.45. The van der Waals surface area contributed by atoms with Crippen molar-refractivity contribution in [3.8, 4) is 0 Å². The molecule has 2 fully saturated rings. The molecule has 6 nitrogen and oxygen atoms in total. The Morgan fingerprint density at radius 3 is 2.65 bits per heavy atom. The number of urea groups is 1. The molecule has 0 aliphatic carbocycles. The van der Waals surface area contributed by atoms with E-state index in [1.54, 1.807) is 11.8 Å². The maximum atomic E-state index is 12.6. The summed E-state index contributed by atoms with van der Waals surface area (Å²) in [5.74, 6) is -0.810. The molecule has 2 aliphatic rings. The molecule has 2 atom stereocenters. The number of aliphatic hydroxyl groups excluding tert-OH is 1. The van der Waals surface area contributed by atoms with E-state index in [-0.39, 0.29) is 18.6 Å². The molecular weight excluding hydrogens is 260 g/mol. The molecule has 0 aromatic rings. The van der Waals surface area contributed by atoms with Crippen molar-refractivity contribution in [1.82, 2.24) is 9.80 Å². The molecule has 0 bridgehead atoms. The number of carbonyl (C=O) groups is 2. The molecule has 0 spiro atoms. The predicted octanol–water partition coefficient (Wildman–Crippen LogP) is 1.14. The van der Waals surface area contributed by atoms with Gasteiger partial charge in [-0.05, 0) is 44.9 Å². The maximum Gasteiger partial charge on any atom is 0.329 e. The van der Waals surface area contributed by atoms with E-state index in [0.29, 0.717) is 26.1 Å². The smallest absolute Gasteiger partial charge is 0.329 e. The van der Waals surface area contributed by atoms with Crippen LogP contribution in [0.5, 0.6) is 0 Å². The Labute approximate surface area is 119 Å². The number of piperidine rings is 2. The number of aliphatic carboxylic acids is 1. The zero-order valence-corrected chi connectivity index (χ0v) is 12.0. The summed E-state index contributed by atoms with van der Waals surface area (Å²) in [5.41, 5.74) is -1.10. The third-order valence-electron chi connectivity index (χ3n) is 4.63. The van der Waals surface area contributed by atoms with Crippen LogP contribution >= 0.6 is 0 Å². The lowest BCUT2D eigenvalue weighted by molar-refractivity contribution is -0.151. The minimum Gasteiger partial charge on any atom is -0.480 e. The predicted molar refractivity (Wildman–Crippen MR) is 73.4 cm³/mol. The summed E-state index contributed by atoms with van der Waals surface area (Å²) in [4.78, 5) is 27.4. The van der Waals surface area contributed by atoms with Gasteiger partial charge in [-0.2, -0.15) is 0 Å². The fraction of sp³-hybridized carbons (Fsp3) is 0.857. The number of carbonyl (C=O) groups excluding carboxylic acids is 1. The molecule has 0 aromatic heterocycles. The largest absolute Gasteiger partial charge is 0.480 e. The number of nitrogens with zero attached hydrogens (tertiary/aromatic N) is 2. The summed E-state index contributed by atoms with van der Waals surface area (Å²) in [6, 6.07) is -0.187. The lowest BCUT2D eigenvalue weighted by atomic mass is 9.88. The standard InChI is InChI=1S/C14H24N2O4/c1-14(12(18)19)6-2-3-8-16(14)13(20)15-7-4-5-11(9-15)10-17/h11,17H,2-10H2,1H3,(H,18,19). The summed E-state index contributed by atoms with van der Waals surface area (Å²) in [5, 5.41) is 18.7. The van der Waals surface area contributed by atoms with Crippen molar-refractivity contribution in [3.05, 3.63) is 0 Å². The van der Waals surface area contributed by atoms with Crippen molar-refractivity contribution in [3.63, 3.8) is 0 Å². The van der Waals surface area contributed by atoms with E-state index in [0.717, 1.165) is 25.7 Å². The summed E-state index contributed by atoms with van der Waals surface area (Å²) in [7, 11) is 0. The zero-order chi connectivity index (χ0) is 14.8. The lowest BCUT2D eigenvalue weighted by Gasteiger charge is -2.45. The molecule has 20 heavy (non-hydrogen) atoms. The summed E-state index contributed by atoms with van der Waals surface area (Å²) in [6.45, 7) is 3.41. The van der Waals surface area contributed by atoms with Gasteiger partial charge in [0.2, 0.25) is 0 Å². The normalized spacial score (nSPS) is 31.2. The van der Waals surface area contributed by atoms with Gasteiger partial charge < -0.3 is 20.0 Å². The van der Waals surface area contributed by atoms with Crippen LogP contribution in [0.15, 0.2) is 0 Å². The first-order valence-electron chi connectivity index (χ1n) is 7.40. The van der Waals surface area contributed by atoms with Gasteiger partial charge in [0.05, 0.1) is 0 Å². The fourth-order valence-corrected chi connectivity index (χ4v) is 3.21. The zero-order valence-electron chi connectivity index (χ0n) is 12.0. The Morgan fingerprint density at radius 2 is 2.00 bits per heavy atom. The third kappa shape index (κ3) is 2.75. The van der Waals surface area contributed by atoms with Gasteiger partial charge in [-0.1, -0.05) is 0 Å². The van der Waals surface area contributed by atoms with Crippen molar-refractivity contribution < 1.29 is 19.8 Å².